The van der Waals surface area contributed by atoms with Crippen LogP contribution in [0.5, 0.6) is 0 Å². The molecule has 0 aliphatic carbocycles. The molecule has 1 aliphatic heterocycles. The monoisotopic (exact) mass is 324 g/mol. The van der Waals surface area contributed by atoms with Crippen molar-refractivity contribution in [2.24, 2.45) is 0 Å². The molecule has 0 atom stereocenters. The van der Waals surface area contributed by atoms with Crippen molar-refractivity contribution in [1.29, 1.82) is 0 Å². The Balaban J connectivity index is 0.000000236. The number of rotatable bonds is 1. The Labute approximate surface area is 82.3 Å². The molecule has 0 radical (unpaired) electrons. The Morgan fingerprint density at radius 3 is 2.00 bits per heavy atom. The van der Waals surface area contributed by atoms with E-state index in [9.17, 15) is 0 Å². The van der Waals surface area contributed by atoms with E-state index in [0.717, 1.165) is 19.6 Å². The quantitative estimate of drug-likeness (QED) is 0.689. The third-order valence-corrected chi connectivity index (χ3v) is 1.02. The molecule has 1 heterocycles. The van der Waals surface area contributed by atoms with Gasteiger partial charge in [-0.3, -0.25) is 0 Å². The van der Waals surface area contributed by atoms with Crippen molar-refractivity contribution in [3.05, 3.63) is 0 Å². The number of hydrogen-bond donors (Lipinski definition) is 0. The van der Waals surface area contributed by atoms with Gasteiger partial charge >= 0.3 is 40.5 Å². The molecule has 58 valence electrons. The topological polar surface area (TPSA) is 18.5 Å². The number of hydrogen-bond acceptors (Lipinski definition) is 2. The maximum absolute atomic E-state index is 5.08. The first-order valence-electron chi connectivity index (χ1n) is 3.20. The summed E-state index contributed by atoms with van der Waals surface area (Å²) >= 11 is 6.25. The molecule has 0 aromatic heterocycles. The van der Waals surface area contributed by atoms with Crippen LogP contribution in [0.4, 0.5) is 0 Å². The third-order valence-electron chi connectivity index (χ3n) is 1.02. The summed E-state index contributed by atoms with van der Waals surface area (Å²) in [6.07, 6.45) is 1.07. The van der Waals surface area contributed by atoms with E-state index >= 15 is 0 Å². The second-order valence-corrected chi connectivity index (χ2v) is 15.8. The molecular weight excluding hydrogens is 317 g/mol. The van der Waals surface area contributed by atoms with Gasteiger partial charge in [0.2, 0.25) is 0 Å². The Morgan fingerprint density at radius 2 is 1.80 bits per heavy atom. The number of ether oxygens (including phenoxy) is 2. The summed E-state index contributed by atoms with van der Waals surface area (Å²) < 4.78 is 10.2. The van der Waals surface area contributed by atoms with E-state index in [2.05, 4.69) is 34.2 Å². The molecule has 0 aromatic rings. The first kappa shape index (κ1) is 11.5. The molecule has 0 bridgehead atoms. The van der Waals surface area contributed by atoms with E-state index in [1.165, 1.54) is 0 Å². The van der Waals surface area contributed by atoms with E-state index in [1.807, 2.05) is 0 Å². The van der Waals surface area contributed by atoms with Crippen LogP contribution in [-0.4, -0.2) is 19.5 Å². The van der Waals surface area contributed by atoms with Crippen molar-refractivity contribution in [3.8, 4) is 0 Å². The van der Waals surface area contributed by atoms with Crippen molar-refractivity contribution >= 4 is 27.2 Å². The molecule has 0 spiro atoms. The first-order valence-corrected chi connectivity index (χ1v) is 17.1. The van der Waals surface area contributed by atoms with Gasteiger partial charge in [-0.2, -0.15) is 0 Å². The fourth-order valence-electron chi connectivity index (χ4n) is 0.643. The summed E-state index contributed by atoms with van der Waals surface area (Å²) in [6, 6.07) is 0. The Kier molecular flexibility index (Phi) is 9.89. The van der Waals surface area contributed by atoms with Crippen LogP contribution < -0.4 is 0 Å². The van der Waals surface area contributed by atoms with Crippen LogP contribution in [0.2, 0.25) is 0 Å². The van der Waals surface area contributed by atoms with Crippen molar-refractivity contribution in [1.82, 2.24) is 0 Å². The van der Waals surface area contributed by atoms with Gasteiger partial charge in [0.1, 0.15) is 0 Å². The standard InChI is InChI=1S/C5H10O2.2BrH.Zn/c1-2-5-6-3-4-7-5;;;/h5H,2-4H2,1H3;2*1H;/q;;;+2/p-2. The summed E-state index contributed by atoms with van der Waals surface area (Å²) in [4.78, 5) is 0. The average molecular weight is 327 g/mol. The molecule has 0 saturated carbocycles. The van der Waals surface area contributed by atoms with E-state index < -0.39 is 0 Å². The van der Waals surface area contributed by atoms with Gasteiger partial charge in [0.15, 0.2) is 6.29 Å². The normalized spacial score (nSPS) is 17.5. The zero-order chi connectivity index (χ0) is 7.82. The van der Waals surface area contributed by atoms with Crippen LogP contribution in [0.1, 0.15) is 13.3 Å². The average Bonchev–Trinajstić information content (AvgIpc) is 2.39. The minimum absolute atomic E-state index is 0.0972. The molecule has 0 unspecified atom stereocenters. The van der Waals surface area contributed by atoms with Gasteiger partial charge in [-0.1, -0.05) is 6.92 Å². The van der Waals surface area contributed by atoms with E-state index in [-0.39, 0.29) is 19.5 Å². The van der Waals surface area contributed by atoms with E-state index in [4.69, 9.17) is 9.47 Å². The van der Waals surface area contributed by atoms with Gasteiger partial charge < -0.3 is 9.47 Å². The van der Waals surface area contributed by atoms with Gasteiger partial charge in [0.05, 0.1) is 13.2 Å². The van der Waals surface area contributed by atoms with Crippen LogP contribution in [0.3, 0.4) is 0 Å². The minimum atomic E-state index is -0.250. The summed E-state index contributed by atoms with van der Waals surface area (Å²) in [5.41, 5.74) is 0. The first-order chi connectivity index (χ1) is 4.85. The van der Waals surface area contributed by atoms with E-state index in [0.29, 0.717) is 0 Å². The zero-order valence-corrected chi connectivity index (χ0v) is 12.1. The van der Waals surface area contributed by atoms with Crippen LogP contribution >= 0.6 is 27.2 Å². The van der Waals surface area contributed by atoms with Crippen LogP contribution in [0.25, 0.3) is 0 Å². The molecule has 1 saturated heterocycles. The van der Waals surface area contributed by atoms with Crippen molar-refractivity contribution in [2.45, 2.75) is 19.6 Å². The molecule has 2 nitrogen and oxygen atoms in total. The van der Waals surface area contributed by atoms with Crippen molar-refractivity contribution in [2.75, 3.05) is 13.2 Å². The molecule has 1 fully saturated rings. The van der Waals surface area contributed by atoms with Crippen LogP contribution in [-0.2, 0) is 22.7 Å². The molecule has 10 heavy (non-hydrogen) atoms. The second kappa shape index (κ2) is 8.60. The summed E-state index contributed by atoms with van der Waals surface area (Å²) in [5.74, 6) is 0. The summed E-state index contributed by atoms with van der Waals surface area (Å²) in [6.45, 7) is 3.60. The fraction of sp³-hybridized carbons (Fsp3) is 1.00. The van der Waals surface area contributed by atoms with Gasteiger partial charge in [0, 0.05) is 0 Å². The Morgan fingerprint density at radius 1 is 1.40 bits per heavy atom. The third kappa shape index (κ3) is 6.23. The number of halogens is 2. The molecule has 5 heteroatoms. The van der Waals surface area contributed by atoms with Gasteiger partial charge in [-0.25, -0.2) is 0 Å². The van der Waals surface area contributed by atoms with Crippen molar-refractivity contribution in [3.63, 3.8) is 0 Å². The predicted molar refractivity (Wildman–Crippen MR) is 43.8 cm³/mol. The predicted octanol–water partition coefficient (Wildman–Crippen LogP) is 2.46. The molecule has 0 N–H and O–H groups in total. The Bertz CT molecular complexity index is 68.7. The fourth-order valence-corrected chi connectivity index (χ4v) is 0.643. The summed E-state index contributed by atoms with van der Waals surface area (Å²) in [7, 11) is 0. The second-order valence-electron chi connectivity index (χ2n) is 1.68. The molecule has 1 rings (SSSR count). The summed E-state index contributed by atoms with van der Waals surface area (Å²) in [5, 5.41) is 0. The van der Waals surface area contributed by atoms with Gasteiger partial charge in [-0.15, -0.1) is 0 Å². The Hall–Kier alpha value is 1.50. The molecule has 0 amide bonds. The van der Waals surface area contributed by atoms with Gasteiger partial charge in [-0.05, 0) is 6.42 Å². The van der Waals surface area contributed by atoms with Gasteiger partial charge in [0.25, 0.3) is 0 Å². The van der Waals surface area contributed by atoms with Crippen molar-refractivity contribution < 1.29 is 22.7 Å². The zero-order valence-electron chi connectivity index (χ0n) is 5.98. The van der Waals surface area contributed by atoms with Crippen LogP contribution in [0.15, 0.2) is 0 Å². The van der Waals surface area contributed by atoms with E-state index in [1.54, 1.807) is 0 Å². The van der Waals surface area contributed by atoms with Crippen LogP contribution in [0, 0.1) is 0 Å². The maximum atomic E-state index is 5.08. The molecule has 1 aliphatic rings. The molecular formula is C5H10Br2O2Zn. The molecule has 0 aromatic carbocycles. The SMILES string of the molecule is CCC1OCCO1.[Br][Zn][Br].